The molecule has 0 aliphatic carbocycles. The van der Waals surface area contributed by atoms with Crippen LogP contribution in [0, 0.1) is 0 Å². The van der Waals surface area contributed by atoms with Crippen molar-refractivity contribution in [2.45, 2.75) is 6.04 Å². The largest absolute Gasteiger partial charge is 0.468 e. The number of anilines is 1. The van der Waals surface area contributed by atoms with E-state index in [0.717, 1.165) is 0 Å². The third-order valence-corrected chi connectivity index (χ3v) is 1.66. The standard InChI is InChI=1S/C8H11N3O2.ClH/c1-13-8(12)6(9)5-3-2-4-11-7(5)10;/h2-4,6H,9H2,1H3,(H2,10,11);1H/t6-;/m0./s1. The fourth-order valence-corrected chi connectivity index (χ4v) is 0.947. The van der Waals surface area contributed by atoms with Gasteiger partial charge in [-0.15, -0.1) is 12.4 Å². The number of nitrogen functional groups attached to an aromatic ring is 1. The predicted octanol–water partition coefficient (Wildman–Crippen LogP) is 0.258. The van der Waals surface area contributed by atoms with Crippen LogP contribution in [0.2, 0.25) is 0 Å². The van der Waals surface area contributed by atoms with Crippen molar-refractivity contribution in [3.63, 3.8) is 0 Å². The highest BCUT2D eigenvalue weighted by molar-refractivity contribution is 5.85. The van der Waals surface area contributed by atoms with E-state index in [9.17, 15) is 4.79 Å². The topological polar surface area (TPSA) is 91.2 Å². The minimum absolute atomic E-state index is 0. The lowest BCUT2D eigenvalue weighted by molar-refractivity contribution is -0.142. The van der Waals surface area contributed by atoms with Crippen molar-refractivity contribution in [3.8, 4) is 0 Å². The van der Waals surface area contributed by atoms with Gasteiger partial charge >= 0.3 is 5.97 Å². The van der Waals surface area contributed by atoms with Gasteiger partial charge in [-0.05, 0) is 6.07 Å². The number of esters is 1. The molecule has 0 aromatic carbocycles. The van der Waals surface area contributed by atoms with Crippen molar-refractivity contribution >= 4 is 24.2 Å². The zero-order valence-electron chi connectivity index (χ0n) is 7.64. The molecule has 1 aromatic heterocycles. The number of nitrogens with two attached hydrogens (primary N) is 2. The van der Waals surface area contributed by atoms with Gasteiger partial charge < -0.3 is 16.2 Å². The first-order chi connectivity index (χ1) is 6.16. The Morgan fingerprint density at radius 2 is 2.29 bits per heavy atom. The SMILES string of the molecule is COC(=O)[C@@H](N)c1cccnc1N.Cl. The Morgan fingerprint density at radius 3 is 2.79 bits per heavy atom. The number of nitrogens with zero attached hydrogens (tertiary/aromatic N) is 1. The number of rotatable bonds is 2. The molecule has 6 heteroatoms. The Hall–Kier alpha value is -1.33. The number of aromatic nitrogens is 1. The summed E-state index contributed by atoms with van der Waals surface area (Å²) >= 11 is 0. The van der Waals surface area contributed by atoms with Gasteiger partial charge in [0.05, 0.1) is 7.11 Å². The van der Waals surface area contributed by atoms with Crippen LogP contribution in [0.15, 0.2) is 18.3 Å². The van der Waals surface area contributed by atoms with Crippen molar-refractivity contribution in [2.75, 3.05) is 12.8 Å². The van der Waals surface area contributed by atoms with Gasteiger partial charge in [0.15, 0.2) is 0 Å². The molecule has 5 nitrogen and oxygen atoms in total. The van der Waals surface area contributed by atoms with E-state index in [0.29, 0.717) is 5.56 Å². The second kappa shape index (κ2) is 5.41. The molecule has 78 valence electrons. The van der Waals surface area contributed by atoms with E-state index < -0.39 is 12.0 Å². The summed E-state index contributed by atoms with van der Waals surface area (Å²) in [5.74, 6) is -0.278. The third kappa shape index (κ3) is 2.58. The van der Waals surface area contributed by atoms with Crippen LogP contribution in [0.4, 0.5) is 5.82 Å². The van der Waals surface area contributed by atoms with Crippen LogP contribution in [0.5, 0.6) is 0 Å². The molecule has 0 radical (unpaired) electrons. The van der Waals surface area contributed by atoms with Gasteiger partial charge in [0.2, 0.25) is 0 Å². The number of carbonyl (C=O) groups excluding carboxylic acids is 1. The predicted molar refractivity (Wildman–Crippen MR) is 54.8 cm³/mol. The van der Waals surface area contributed by atoms with E-state index in [1.165, 1.54) is 13.3 Å². The minimum atomic E-state index is -0.862. The number of halogens is 1. The van der Waals surface area contributed by atoms with Gasteiger partial charge in [-0.1, -0.05) is 6.07 Å². The van der Waals surface area contributed by atoms with E-state index in [1.54, 1.807) is 12.1 Å². The Kier molecular flexibility index (Phi) is 4.90. The summed E-state index contributed by atoms with van der Waals surface area (Å²) in [7, 11) is 1.27. The van der Waals surface area contributed by atoms with Gasteiger partial charge in [0.25, 0.3) is 0 Å². The zero-order chi connectivity index (χ0) is 9.84. The molecule has 1 aromatic rings. The van der Waals surface area contributed by atoms with E-state index in [4.69, 9.17) is 11.5 Å². The molecule has 4 N–H and O–H groups in total. The van der Waals surface area contributed by atoms with E-state index in [1.807, 2.05) is 0 Å². The molecule has 0 fully saturated rings. The van der Waals surface area contributed by atoms with Crippen molar-refractivity contribution in [1.82, 2.24) is 4.98 Å². The van der Waals surface area contributed by atoms with Gasteiger partial charge in [0, 0.05) is 11.8 Å². The molecular weight excluding hydrogens is 206 g/mol. The molecule has 0 unspecified atom stereocenters. The summed E-state index contributed by atoms with van der Waals surface area (Å²) in [6.45, 7) is 0. The molecule has 0 aliphatic rings. The smallest absolute Gasteiger partial charge is 0.327 e. The highest BCUT2D eigenvalue weighted by Crippen LogP contribution is 2.16. The molecule has 0 bridgehead atoms. The number of hydrogen-bond donors (Lipinski definition) is 2. The number of methoxy groups -OCH3 is 1. The van der Waals surface area contributed by atoms with E-state index in [-0.39, 0.29) is 18.2 Å². The number of pyridine rings is 1. The molecular formula is C8H12ClN3O2. The highest BCUT2D eigenvalue weighted by Gasteiger charge is 2.18. The van der Waals surface area contributed by atoms with Crippen LogP contribution < -0.4 is 11.5 Å². The molecule has 0 saturated heterocycles. The van der Waals surface area contributed by atoms with E-state index in [2.05, 4.69) is 9.72 Å². The normalized spacial score (nSPS) is 11.3. The van der Waals surface area contributed by atoms with Gasteiger partial charge in [-0.25, -0.2) is 4.98 Å². The van der Waals surface area contributed by atoms with Crippen molar-refractivity contribution < 1.29 is 9.53 Å². The van der Waals surface area contributed by atoms with Crippen LogP contribution in [0.25, 0.3) is 0 Å². The van der Waals surface area contributed by atoms with Gasteiger partial charge in [-0.2, -0.15) is 0 Å². The fourth-order valence-electron chi connectivity index (χ4n) is 0.947. The maximum absolute atomic E-state index is 11.0. The van der Waals surface area contributed by atoms with Crippen molar-refractivity contribution in [2.24, 2.45) is 5.73 Å². The van der Waals surface area contributed by atoms with Crippen LogP contribution in [-0.2, 0) is 9.53 Å². The molecule has 1 heterocycles. The second-order valence-corrected chi connectivity index (χ2v) is 2.48. The number of carbonyl (C=O) groups is 1. The highest BCUT2D eigenvalue weighted by atomic mass is 35.5. The molecule has 1 rings (SSSR count). The van der Waals surface area contributed by atoms with Gasteiger partial charge in [-0.3, -0.25) is 4.79 Å². The Balaban J connectivity index is 0.00000169. The summed E-state index contributed by atoms with van der Waals surface area (Å²) < 4.78 is 4.47. The van der Waals surface area contributed by atoms with Crippen LogP contribution >= 0.6 is 12.4 Å². The summed E-state index contributed by atoms with van der Waals surface area (Å²) in [6, 6.07) is 2.44. The average Bonchev–Trinajstić information content (AvgIpc) is 2.16. The lowest BCUT2D eigenvalue weighted by Crippen LogP contribution is -2.23. The first-order valence-corrected chi connectivity index (χ1v) is 3.70. The monoisotopic (exact) mass is 217 g/mol. The van der Waals surface area contributed by atoms with E-state index >= 15 is 0 Å². The lowest BCUT2D eigenvalue weighted by atomic mass is 10.1. The minimum Gasteiger partial charge on any atom is -0.468 e. The summed E-state index contributed by atoms with van der Waals surface area (Å²) in [4.78, 5) is 14.8. The molecule has 0 spiro atoms. The Morgan fingerprint density at radius 1 is 1.64 bits per heavy atom. The fraction of sp³-hybridized carbons (Fsp3) is 0.250. The zero-order valence-corrected chi connectivity index (χ0v) is 8.45. The van der Waals surface area contributed by atoms with Crippen LogP contribution in [0.1, 0.15) is 11.6 Å². The lowest BCUT2D eigenvalue weighted by Gasteiger charge is -2.10. The average molecular weight is 218 g/mol. The number of hydrogen-bond acceptors (Lipinski definition) is 5. The van der Waals surface area contributed by atoms with Crippen molar-refractivity contribution in [1.29, 1.82) is 0 Å². The maximum atomic E-state index is 11.0. The summed E-state index contributed by atoms with van der Waals surface area (Å²) in [5.41, 5.74) is 11.6. The first-order valence-electron chi connectivity index (χ1n) is 3.70. The summed E-state index contributed by atoms with van der Waals surface area (Å²) in [5, 5.41) is 0. The summed E-state index contributed by atoms with van der Waals surface area (Å²) in [6.07, 6.45) is 1.53. The molecule has 14 heavy (non-hydrogen) atoms. The second-order valence-electron chi connectivity index (χ2n) is 2.48. The van der Waals surface area contributed by atoms with Crippen LogP contribution in [0.3, 0.4) is 0 Å². The Bertz CT molecular complexity index is 319. The quantitative estimate of drug-likeness (QED) is 0.694. The third-order valence-electron chi connectivity index (χ3n) is 1.66. The maximum Gasteiger partial charge on any atom is 0.327 e. The van der Waals surface area contributed by atoms with Crippen molar-refractivity contribution in [3.05, 3.63) is 23.9 Å². The Labute approximate surface area is 87.9 Å². The molecule has 0 amide bonds. The van der Waals surface area contributed by atoms with Gasteiger partial charge in [0.1, 0.15) is 11.9 Å². The molecule has 0 aliphatic heterocycles. The molecule has 1 atom stereocenters. The number of ether oxygens (including phenoxy) is 1. The first kappa shape index (κ1) is 12.7. The molecule has 0 saturated carbocycles. The van der Waals surface area contributed by atoms with Crippen LogP contribution in [-0.4, -0.2) is 18.1 Å².